The fraction of sp³-hybridized carbons (Fsp3) is 0.125. The Balaban J connectivity index is 2.20. The third kappa shape index (κ3) is 2.17. The van der Waals surface area contributed by atoms with Crippen LogP contribution in [-0.2, 0) is 0 Å². The van der Waals surface area contributed by atoms with Crippen LogP contribution in [0.4, 0.5) is 0 Å². The van der Waals surface area contributed by atoms with Gasteiger partial charge in [-0.05, 0) is 23.8 Å². The van der Waals surface area contributed by atoms with E-state index >= 15 is 0 Å². The third-order valence-corrected chi connectivity index (χ3v) is 3.47. The zero-order chi connectivity index (χ0) is 14.8. The van der Waals surface area contributed by atoms with Crippen molar-refractivity contribution in [2.24, 2.45) is 5.73 Å². The summed E-state index contributed by atoms with van der Waals surface area (Å²) in [6, 6.07) is 11.4. The Morgan fingerprint density at radius 3 is 2.71 bits per heavy atom. The number of fused-ring (bicyclic) bond motifs is 1. The molecule has 1 aliphatic rings. The van der Waals surface area contributed by atoms with Crippen molar-refractivity contribution in [3.63, 3.8) is 0 Å². The van der Waals surface area contributed by atoms with E-state index in [-0.39, 0.29) is 11.8 Å². The summed E-state index contributed by atoms with van der Waals surface area (Å²) in [4.78, 5) is 4.01. The Labute approximate surface area is 122 Å². The highest BCUT2D eigenvalue weighted by Crippen LogP contribution is 2.43. The topological polar surface area (TPSA) is 81.2 Å². The van der Waals surface area contributed by atoms with Gasteiger partial charge >= 0.3 is 0 Å². The van der Waals surface area contributed by atoms with Crippen LogP contribution in [0.15, 0.2) is 54.2 Å². The molecule has 0 unspecified atom stereocenters. The second-order valence-electron chi connectivity index (χ2n) is 4.61. The molecule has 5 heteroatoms. The first-order chi connectivity index (χ1) is 10.2. The van der Waals surface area contributed by atoms with Crippen LogP contribution >= 0.6 is 0 Å². The molecular formula is C16H13N3O2. The van der Waals surface area contributed by atoms with E-state index in [0.29, 0.717) is 17.1 Å². The largest absolute Gasteiger partial charge is 0.497 e. The summed E-state index contributed by atoms with van der Waals surface area (Å²) in [6.45, 7) is 0. The molecule has 0 saturated carbocycles. The lowest BCUT2D eigenvalue weighted by atomic mass is 9.84. The van der Waals surface area contributed by atoms with Crippen LogP contribution in [0.2, 0.25) is 0 Å². The molecule has 3 rings (SSSR count). The number of hydrogen-bond donors (Lipinski definition) is 1. The van der Waals surface area contributed by atoms with Crippen molar-refractivity contribution in [3.05, 3.63) is 65.3 Å². The zero-order valence-electron chi connectivity index (χ0n) is 11.4. The minimum Gasteiger partial charge on any atom is -0.497 e. The number of ether oxygens (including phenoxy) is 2. The molecule has 1 aromatic carbocycles. The van der Waals surface area contributed by atoms with E-state index < -0.39 is 0 Å². The smallest absolute Gasteiger partial charge is 0.205 e. The van der Waals surface area contributed by atoms with E-state index in [1.54, 1.807) is 25.6 Å². The van der Waals surface area contributed by atoms with Gasteiger partial charge in [-0.2, -0.15) is 5.26 Å². The second-order valence-corrected chi connectivity index (χ2v) is 4.61. The number of allylic oxidation sites excluding steroid dienone is 1. The van der Waals surface area contributed by atoms with Crippen molar-refractivity contribution in [3.8, 4) is 17.6 Å². The maximum Gasteiger partial charge on any atom is 0.205 e. The maximum atomic E-state index is 9.41. The number of nitrogens with two attached hydrogens (primary N) is 1. The Morgan fingerprint density at radius 2 is 2.05 bits per heavy atom. The molecular weight excluding hydrogens is 266 g/mol. The predicted molar refractivity (Wildman–Crippen MR) is 76.5 cm³/mol. The van der Waals surface area contributed by atoms with Crippen LogP contribution in [0.3, 0.4) is 0 Å². The van der Waals surface area contributed by atoms with Gasteiger partial charge in [-0.15, -0.1) is 0 Å². The molecule has 0 spiro atoms. The molecule has 0 saturated heterocycles. The monoisotopic (exact) mass is 279 g/mol. The Hall–Kier alpha value is -3.00. The number of rotatable bonds is 2. The molecule has 0 fully saturated rings. The molecule has 1 aliphatic heterocycles. The summed E-state index contributed by atoms with van der Waals surface area (Å²) in [6.07, 6.45) is 3.39. The van der Waals surface area contributed by atoms with Gasteiger partial charge in [0.25, 0.3) is 0 Å². The van der Waals surface area contributed by atoms with Gasteiger partial charge < -0.3 is 15.2 Å². The van der Waals surface area contributed by atoms with Crippen LogP contribution in [0, 0.1) is 11.3 Å². The Morgan fingerprint density at radius 1 is 1.29 bits per heavy atom. The lowest BCUT2D eigenvalue weighted by molar-refractivity contribution is 0.381. The van der Waals surface area contributed by atoms with Gasteiger partial charge in [0.2, 0.25) is 5.88 Å². The highest BCUT2D eigenvalue weighted by Gasteiger charge is 2.30. The van der Waals surface area contributed by atoms with Gasteiger partial charge in [-0.3, -0.25) is 4.98 Å². The molecule has 21 heavy (non-hydrogen) atoms. The summed E-state index contributed by atoms with van der Waals surface area (Å²) in [5.41, 5.74) is 8.13. The van der Waals surface area contributed by atoms with E-state index in [2.05, 4.69) is 11.1 Å². The number of pyridine rings is 1. The minimum atomic E-state index is -0.257. The van der Waals surface area contributed by atoms with Crippen LogP contribution < -0.4 is 15.2 Å². The predicted octanol–water partition coefficient (Wildman–Crippen LogP) is 2.31. The molecule has 1 aromatic heterocycles. The van der Waals surface area contributed by atoms with Gasteiger partial charge in [0.1, 0.15) is 23.1 Å². The molecule has 2 heterocycles. The number of aromatic nitrogens is 1. The van der Waals surface area contributed by atoms with Crippen LogP contribution in [0.5, 0.6) is 11.5 Å². The van der Waals surface area contributed by atoms with Gasteiger partial charge in [0.15, 0.2) is 0 Å². The average Bonchev–Trinajstić information content (AvgIpc) is 2.53. The molecule has 104 valence electrons. The maximum absolute atomic E-state index is 9.41. The highest BCUT2D eigenvalue weighted by molar-refractivity contribution is 5.56. The van der Waals surface area contributed by atoms with Gasteiger partial charge in [0.05, 0.1) is 13.0 Å². The molecule has 2 aromatic rings. The van der Waals surface area contributed by atoms with Crippen molar-refractivity contribution in [1.29, 1.82) is 5.26 Å². The van der Waals surface area contributed by atoms with Crippen LogP contribution in [-0.4, -0.2) is 12.1 Å². The fourth-order valence-corrected chi connectivity index (χ4v) is 2.46. The van der Waals surface area contributed by atoms with Gasteiger partial charge in [-0.1, -0.05) is 6.07 Å². The normalized spacial score (nSPS) is 16.7. The first-order valence-corrected chi connectivity index (χ1v) is 6.40. The zero-order valence-corrected chi connectivity index (χ0v) is 11.4. The number of nitrogens with zero attached hydrogens (tertiary/aromatic N) is 2. The SMILES string of the molecule is COc1ccc2c(c1)OC(N)=C(C#N)[C@H]2c1ccncc1. The van der Waals surface area contributed by atoms with Crippen molar-refractivity contribution in [2.45, 2.75) is 5.92 Å². The molecule has 1 atom stereocenters. The lowest BCUT2D eigenvalue weighted by Crippen LogP contribution is -2.21. The molecule has 5 nitrogen and oxygen atoms in total. The fourth-order valence-electron chi connectivity index (χ4n) is 2.46. The van der Waals surface area contributed by atoms with Gasteiger partial charge in [0, 0.05) is 24.0 Å². The first kappa shape index (κ1) is 13.0. The third-order valence-electron chi connectivity index (χ3n) is 3.47. The van der Waals surface area contributed by atoms with Gasteiger partial charge in [-0.25, -0.2) is 0 Å². The number of methoxy groups -OCH3 is 1. The minimum absolute atomic E-state index is 0.125. The van der Waals surface area contributed by atoms with E-state index in [9.17, 15) is 5.26 Å². The lowest BCUT2D eigenvalue weighted by Gasteiger charge is -2.26. The van der Waals surface area contributed by atoms with Crippen molar-refractivity contribution in [1.82, 2.24) is 4.98 Å². The van der Waals surface area contributed by atoms with Crippen LogP contribution in [0.25, 0.3) is 0 Å². The van der Waals surface area contributed by atoms with E-state index in [1.807, 2.05) is 24.3 Å². The number of nitriles is 1. The Bertz CT molecular complexity index is 748. The summed E-state index contributed by atoms with van der Waals surface area (Å²) >= 11 is 0. The number of hydrogen-bond acceptors (Lipinski definition) is 5. The summed E-state index contributed by atoms with van der Waals surface area (Å²) in [5, 5.41) is 9.41. The highest BCUT2D eigenvalue weighted by atomic mass is 16.5. The summed E-state index contributed by atoms with van der Waals surface area (Å²) in [5.74, 6) is 1.15. The summed E-state index contributed by atoms with van der Waals surface area (Å²) in [7, 11) is 1.59. The number of benzene rings is 1. The standard InChI is InChI=1S/C16H13N3O2/c1-20-11-2-3-12-14(8-11)21-16(18)13(9-17)15(12)10-4-6-19-7-5-10/h2-8,15H,18H2,1H3/t15-/m0/s1. The van der Waals surface area contributed by atoms with Crippen molar-refractivity contribution in [2.75, 3.05) is 7.11 Å². The van der Waals surface area contributed by atoms with Crippen LogP contribution in [0.1, 0.15) is 17.0 Å². The quantitative estimate of drug-likeness (QED) is 0.912. The van der Waals surface area contributed by atoms with Crippen molar-refractivity contribution < 1.29 is 9.47 Å². The Kier molecular flexibility index (Phi) is 3.20. The first-order valence-electron chi connectivity index (χ1n) is 6.40. The second kappa shape index (κ2) is 5.17. The molecule has 0 amide bonds. The molecule has 0 radical (unpaired) electrons. The van der Waals surface area contributed by atoms with E-state index in [1.165, 1.54) is 0 Å². The van der Waals surface area contributed by atoms with Crippen molar-refractivity contribution >= 4 is 0 Å². The molecule has 2 N–H and O–H groups in total. The van der Waals surface area contributed by atoms with E-state index in [0.717, 1.165) is 11.1 Å². The molecule has 0 bridgehead atoms. The summed E-state index contributed by atoms with van der Waals surface area (Å²) < 4.78 is 10.8. The van der Waals surface area contributed by atoms with E-state index in [4.69, 9.17) is 15.2 Å². The molecule has 0 aliphatic carbocycles. The average molecular weight is 279 g/mol.